The Morgan fingerprint density at radius 1 is 1.21 bits per heavy atom. The van der Waals surface area contributed by atoms with E-state index < -0.39 is 0 Å². The van der Waals surface area contributed by atoms with Crippen molar-refractivity contribution in [1.82, 2.24) is 15.5 Å². The number of nitrogens with zero attached hydrogens (tertiary/aromatic N) is 3. The number of nitrogens with one attached hydrogen (secondary N) is 1. The molecule has 6 nitrogen and oxygen atoms in total. The monoisotopic (exact) mass is 422 g/mol. The highest BCUT2D eigenvalue weighted by molar-refractivity contribution is 8.02. The van der Waals surface area contributed by atoms with Crippen molar-refractivity contribution in [3.8, 4) is 0 Å². The maximum absolute atomic E-state index is 12.7. The Kier molecular flexibility index (Phi) is 5.97. The Bertz CT molecular complexity index is 736. The third kappa shape index (κ3) is 4.22. The van der Waals surface area contributed by atoms with Crippen LogP contribution in [0.15, 0.2) is 4.34 Å². The van der Waals surface area contributed by atoms with Gasteiger partial charge in [0.1, 0.15) is 0 Å². The highest BCUT2D eigenvalue weighted by Crippen LogP contribution is 2.49. The van der Waals surface area contributed by atoms with Crippen molar-refractivity contribution >= 4 is 40.0 Å². The second-order valence-corrected chi connectivity index (χ2v) is 11.1. The highest BCUT2D eigenvalue weighted by atomic mass is 32.2. The summed E-state index contributed by atoms with van der Waals surface area (Å²) in [5.74, 6) is 2.50. The number of carbonyl (C=O) groups is 2. The summed E-state index contributed by atoms with van der Waals surface area (Å²) in [4.78, 5) is 26.7. The van der Waals surface area contributed by atoms with Crippen LogP contribution in [0.2, 0.25) is 0 Å². The van der Waals surface area contributed by atoms with E-state index in [9.17, 15) is 9.59 Å². The molecule has 0 radical (unpaired) electrons. The molecule has 0 spiro atoms. The van der Waals surface area contributed by atoms with Crippen molar-refractivity contribution in [3.05, 3.63) is 0 Å². The molecule has 154 valence electrons. The summed E-state index contributed by atoms with van der Waals surface area (Å²) in [5, 5.41) is 12.1. The summed E-state index contributed by atoms with van der Waals surface area (Å²) >= 11 is 2.85. The maximum atomic E-state index is 12.7. The average molecular weight is 423 g/mol. The fourth-order valence-corrected chi connectivity index (χ4v) is 6.96. The van der Waals surface area contributed by atoms with Gasteiger partial charge in [0, 0.05) is 18.5 Å². The van der Waals surface area contributed by atoms with Crippen molar-refractivity contribution in [1.29, 1.82) is 0 Å². The molecule has 0 aliphatic heterocycles. The van der Waals surface area contributed by atoms with Gasteiger partial charge in [0.05, 0.1) is 5.25 Å². The minimum Gasteiger partial charge on any atom is -0.352 e. The molecule has 1 heterocycles. The van der Waals surface area contributed by atoms with Crippen LogP contribution in [0.5, 0.6) is 0 Å². The number of thioether (sulfide) groups is 1. The Balaban J connectivity index is 1.32. The molecule has 1 N–H and O–H groups in total. The van der Waals surface area contributed by atoms with Crippen LogP contribution in [0.1, 0.15) is 65.7 Å². The average Bonchev–Trinajstić information content (AvgIpc) is 3.07. The van der Waals surface area contributed by atoms with E-state index in [1.165, 1.54) is 48.8 Å². The predicted octanol–water partition coefficient (Wildman–Crippen LogP) is 3.87. The zero-order valence-electron chi connectivity index (χ0n) is 16.9. The second kappa shape index (κ2) is 8.30. The first-order valence-electron chi connectivity index (χ1n) is 10.6. The van der Waals surface area contributed by atoms with E-state index in [0.29, 0.717) is 17.5 Å². The zero-order chi connectivity index (χ0) is 19.8. The minimum absolute atomic E-state index is 0.0701. The van der Waals surface area contributed by atoms with Gasteiger partial charge in [-0.3, -0.25) is 14.5 Å². The molecule has 28 heavy (non-hydrogen) atoms. The van der Waals surface area contributed by atoms with Gasteiger partial charge in [-0.05, 0) is 63.7 Å². The highest BCUT2D eigenvalue weighted by Gasteiger charge is 2.42. The SMILES string of the molecule is CCC(=O)N(c1nnc(S[C@H](C)C(=O)N[C@H](C)[C@@H]2C[C@H]3CC[C@H]2C3)s1)C1CC1. The van der Waals surface area contributed by atoms with Crippen LogP contribution in [0, 0.1) is 17.8 Å². The molecule has 3 saturated carbocycles. The van der Waals surface area contributed by atoms with Crippen LogP contribution >= 0.6 is 23.1 Å². The topological polar surface area (TPSA) is 75.2 Å². The van der Waals surface area contributed by atoms with Crippen molar-refractivity contribution in [2.75, 3.05) is 4.90 Å². The molecule has 2 amide bonds. The van der Waals surface area contributed by atoms with Crippen LogP contribution in [0.4, 0.5) is 5.13 Å². The lowest BCUT2D eigenvalue weighted by Crippen LogP contribution is -2.43. The van der Waals surface area contributed by atoms with E-state index >= 15 is 0 Å². The molecule has 5 atom stereocenters. The smallest absolute Gasteiger partial charge is 0.233 e. The number of anilines is 1. The van der Waals surface area contributed by atoms with Crippen LogP contribution in [0.25, 0.3) is 0 Å². The van der Waals surface area contributed by atoms with E-state index in [4.69, 9.17) is 0 Å². The first-order chi connectivity index (χ1) is 13.5. The summed E-state index contributed by atoms with van der Waals surface area (Å²) in [6, 6.07) is 0.518. The third-order valence-electron chi connectivity index (χ3n) is 6.54. The van der Waals surface area contributed by atoms with Gasteiger partial charge in [0.25, 0.3) is 0 Å². The number of hydrogen-bond donors (Lipinski definition) is 1. The molecule has 3 fully saturated rings. The number of fused-ring (bicyclic) bond motifs is 2. The van der Waals surface area contributed by atoms with Crippen LogP contribution < -0.4 is 10.2 Å². The van der Waals surface area contributed by atoms with E-state index in [1.807, 2.05) is 13.8 Å². The lowest BCUT2D eigenvalue weighted by molar-refractivity contribution is -0.121. The Labute approximate surface area is 175 Å². The quantitative estimate of drug-likeness (QED) is 0.508. The third-order valence-corrected chi connectivity index (χ3v) is 8.64. The van der Waals surface area contributed by atoms with E-state index in [0.717, 1.165) is 29.0 Å². The van der Waals surface area contributed by atoms with Gasteiger partial charge in [-0.15, -0.1) is 10.2 Å². The van der Waals surface area contributed by atoms with Gasteiger partial charge in [-0.1, -0.05) is 36.4 Å². The first-order valence-corrected chi connectivity index (χ1v) is 12.3. The number of hydrogen-bond acceptors (Lipinski definition) is 6. The fourth-order valence-electron chi connectivity index (χ4n) is 4.88. The molecular weight excluding hydrogens is 392 g/mol. The van der Waals surface area contributed by atoms with Crippen molar-refractivity contribution < 1.29 is 9.59 Å². The summed E-state index contributed by atoms with van der Waals surface area (Å²) in [6.45, 7) is 5.95. The molecule has 3 aliphatic rings. The van der Waals surface area contributed by atoms with E-state index in [-0.39, 0.29) is 29.1 Å². The van der Waals surface area contributed by atoms with Crippen molar-refractivity contribution in [3.63, 3.8) is 0 Å². The van der Waals surface area contributed by atoms with Crippen LogP contribution in [-0.4, -0.2) is 39.3 Å². The molecule has 0 unspecified atom stereocenters. The lowest BCUT2D eigenvalue weighted by Gasteiger charge is -2.29. The number of rotatable bonds is 8. The summed E-state index contributed by atoms with van der Waals surface area (Å²) in [7, 11) is 0. The largest absolute Gasteiger partial charge is 0.352 e. The number of amides is 2. The Hall–Kier alpha value is -1.15. The van der Waals surface area contributed by atoms with Crippen LogP contribution in [-0.2, 0) is 9.59 Å². The molecule has 1 aromatic heterocycles. The normalized spacial score (nSPS) is 28.2. The molecular formula is C20H30N4O2S2. The Morgan fingerprint density at radius 3 is 2.61 bits per heavy atom. The molecule has 0 aromatic carbocycles. The van der Waals surface area contributed by atoms with E-state index in [1.54, 1.807) is 4.90 Å². The summed E-state index contributed by atoms with van der Waals surface area (Å²) in [6.07, 6.45) is 7.89. The van der Waals surface area contributed by atoms with Gasteiger partial charge in [-0.25, -0.2) is 0 Å². The van der Waals surface area contributed by atoms with Crippen molar-refractivity contribution in [2.24, 2.45) is 17.8 Å². The lowest BCUT2D eigenvalue weighted by atomic mass is 9.84. The number of aromatic nitrogens is 2. The minimum atomic E-state index is -0.224. The molecule has 3 aliphatic carbocycles. The zero-order valence-corrected chi connectivity index (χ0v) is 18.5. The maximum Gasteiger partial charge on any atom is 0.233 e. The molecule has 4 rings (SSSR count). The summed E-state index contributed by atoms with van der Waals surface area (Å²) in [5.41, 5.74) is 0. The van der Waals surface area contributed by atoms with Gasteiger partial charge >= 0.3 is 0 Å². The summed E-state index contributed by atoms with van der Waals surface area (Å²) < 4.78 is 0.750. The standard InChI is InChI=1S/C20H30N4O2S2/c1-4-17(25)24(15-7-8-15)19-22-23-20(28-19)27-12(3)18(26)21-11(2)16-10-13-5-6-14(16)9-13/h11-16H,4-10H2,1-3H3,(H,21,26)/t11-,12-,13+,14+,16+/m1/s1. The predicted molar refractivity (Wildman–Crippen MR) is 113 cm³/mol. The number of carbonyl (C=O) groups excluding carboxylic acids is 2. The molecule has 0 saturated heterocycles. The molecule has 2 bridgehead atoms. The molecule has 8 heteroatoms. The van der Waals surface area contributed by atoms with E-state index in [2.05, 4.69) is 22.4 Å². The van der Waals surface area contributed by atoms with Gasteiger partial charge in [-0.2, -0.15) is 0 Å². The fraction of sp³-hybridized carbons (Fsp3) is 0.800. The molecule has 1 aromatic rings. The Morgan fingerprint density at radius 2 is 2.00 bits per heavy atom. The second-order valence-electron chi connectivity index (χ2n) is 8.60. The van der Waals surface area contributed by atoms with Gasteiger partial charge < -0.3 is 5.32 Å². The van der Waals surface area contributed by atoms with Gasteiger partial charge in [0.15, 0.2) is 4.34 Å². The van der Waals surface area contributed by atoms with Crippen molar-refractivity contribution in [2.45, 2.75) is 87.4 Å². The van der Waals surface area contributed by atoms with Gasteiger partial charge in [0.2, 0.25) is 16.9 Å². The first kappa shape index (κ1) is 20.1. The van der Waals surface area contributed by atoms with Crippen LogP contribution in [0.3, 0.4) is 0 Å².